The van der Waals surface area contributed by atoms with E-state index in [0.717, 1.165) is 18.2 Å². The molecule has 0 N–H and O–H groups in total. The van der Waals surface area contributed by atoms with Crippen LogP contribution in [0.5, 0.6) is 5.75 Å². The van der Waals surface area contributed by atoms with E-state index in [1.54, 1.807) is 24.3 Å². The number of carbonyl (C=O) groups is 1. The number of hydrogen-bond donors (Lipinski definition) is 0. The highest BCUT2D eigenvalue weighted by molar-refractivity contribution is 6.13. The Bertz CT molecular complexity index is 995. The quantitative estimate of drug-likeness (QED) is 0.342. The zero-order chi connectivity index (χ0) is 19.6. The molecule has 10 heteroatoms. The molecule has 0 atom stereocenters. The molecule has 0 fully saturated rings. The van der Waals surface area contributed by atoms with Crippen molar-refractivity contribution < 1.29 is 24.1 Å². The Balaban J connectivity index is 2.05. The summed E-state index contributed by atoms with van der Waals surface area (Å²) in [4.78, 5) is 36.5. The number of nitrogens with zero attached hydrogens (tertiary/aromatic N) is 3. The van der Waals surface area contributed by atoms with Gasteiger partial charge in [0, 0.05) is 17.7 Å². The van der Waals surface area contributed by atoms with Crippen LogP contribution in [0.4, 0.5) is 11.4 Å². The van der Waals surface area contributed by atoms with Gasteiger partial charge in [-0.2, -0.15) is 0 Å². The summed E-state index contributed by atoms with van der Waals surface area (Å²) >= 11 is 0. The van der Waals surface area contributed by atoms with Crippen molar-refractivity contribution in [2.75, 3.05) is 7.11 Å². The zero-order valence-electron chi connectivity index (χ0n) is 13.8. The number of nitro benzene ring substituents is 2. The summed E-state index contributed by atoms with van der Waals surface area (Å²) in [6, 6.07) is 9.79. The molecule has 0 amide bonds. The van der Waals surface area contributed by atoms with Gasteiger partial charge in [-0.15, -0.1) is 0 Å². The first-order valence-corrected chi connectivity index (χ1v) is 7.49. The van der Waals surface area contributed by atoms with Crippen LogP contribution in [0.1, 0.15) is 11.1 Å². The smallest absolute Gasteiger partial charge is 0.363 e. The van der Waals surface area contributed by atoms with E-state index < -0.39 is 27.2 Å². The molecule has 0 aromatic heterocycles. The molecule has 0 spiro atoms. The summed E-state index contributed by atoms with van der Waals surface area (Å²) in [5.74, 6) is -0.537. The minimum absolute atomic E-state index is 0.0484. The molecule has 0 bridgehead atoms. The third-order valence-corrected chi connectivity index (χ3v) is 3.62. The highest BCUT2D eigenvalue weighted by atomic mass is 16.6. The first-order chi connectivity index (χ1) is 12.9. The molecule has 0 saturated heterocycles. The van der Waals surface area contributed by atoms with Gasteiger partial charge in [0.05, 0.1) is 28.6 Å². The van der Waals surface area contributed by atoms with Crippen molar-refractivity contribution >= 4 is 29.3 Å². The molecule has 136 valence electrons. The van der Waals surface area contributed by atoms with Crippen LogP contribution in [0.3, 0.4) is 0 Å². The molecule has 1 aliphatic heterocycles. The van der Waals surface area contributed by atoms with E-state index in [1.165, 1.54) is 13.2 Å². The highest BCUT2D eigenvalue weighted by Gasteiger charge is 2.27. The molecule has 3 rings (SSSR count). The fourth-order valence-electron chi connectivity index (χ4n) is 2.40. The lowest BCUT2D eigenvalue weighted by atomic mass is 10.1. The summed E-state index contributed by atoms with van der Waals surface area (Å²) in [7, 11) is 1.47. The largest absolute Gasteiger partial charge is 0.496 e. The Morgan fingerprint density at radius 2 is 1.70 bits per heavy atom. The number of hydrogen-bond acceptors (Lipinski definition) is 8. The Labute approximate surface area is 151 Å². The molecule has 2 aromatic carbocycles. The number of cyclic esters (lactones) is 1. The van der Waals surface area contributed by atoms with E-state index in [2.05, 4.69) is 4.99 Å². The van der Waals surface area contributed by atoms with Crippen LogP contribution in [0.2, 0.25) is 0 Å². The lowest BCUT2D eigenvalue weighted by Gasteiger charge is -2.03. The number of methoxy groups -OCH3 is 1. The fraction of sp³-hybridized carbons (Fsp3) is 0.0588. The Hall–Kier alpha value is -4.08. The van der Waals surface area contributed by atoms with Crippen LogP contribution < -0.4 is 4.74 Å². The number of rotatable bonds is 5. The van der Waals surface area contributed by atoms with Crippen LogP contribution in [-0.4, -0.2) is 28.8 Å². The second-order valence-corrected chi connectivity index (χ2v) is 5.33. The molecule has 0 radical (unpaired) electrons. The predicted molar refractivity (Wildman–Crippen MR) is 93.4 cm³/mol. The highest BCUT2D eigenvalue weighted by Crippen LogP contribution is 2.28. The Kier molecular flexibility index (Phi) is 4.62. The maximum absolute atomic E-state index is 12.1. The van der Waals surface area contributed by atoms with Crippen LogP contribution in [0.15, 0.2) is 53.2 Å². The van der Waals surface area contributed by atoms with Crippen LogP contribution >= 0.6 is 0 Å². The average Bonchev–Trinajstić information content (AvgIpc) is 3.02. The number of aliphatic imine (C=N–C) groups is 1. The third-order valence-electron chi connectivity index (χ3n) is 3.62. The Morgan fingerprint density at radius 1 is 1.07 bits per heavy atom. The van der Waals surface area contributed by atoms with Gasteiger partial charge in [-0.05, 0) is 12.1 Å². The first kappa shape index (κ1) is 17.7. The number of para-hydroxylation sites is 1. The van der Waals surface area contributed by atoms with E-state index in [4.69, 9.17) is 9.47 Å². The third kappa shape index (κ3) is 3.63. The van der Waals surface area contributed by atoms with E-state index >= 15 is 0 Å². The standard InChI is InChI=1S/C17H11N3O7/c1-26-15-5-3-2-4-10(15)8-14-17(21)27-16(18-14)11-6-12(19(22)23)9-13(7-11)20(24)25/h2-9H,1H3/b14-8-. The number of nitro groups is 2. The number of ether oxygens (including phenoxy) is 2. The molecular weight excluding hydrogens is 358 g/mol. The number of non-ortho nitro benzene ring substituents is 2. The van der Waals surface area contributed by atoms with Gasteiger partial charge in [0.25, 0.3) is 11.4 Å². The predicted octanol–water partition coefficient (Wildman–Crippen LogP) is 2.86. The van der Waals surface area contributed by atoms with Crippen molar-refractivity contribution in [3.63, 3.8) is 0 Å². The topological polar surface area (TPSA) is 134 Å². The van der Waals surface area contributed by atoms with Crippen LogP contribution in [0, 0.1) is 20.2 Å². The van der Waals surface area contributed by atoms with Crippen molar-refractivity contribution in [3.05, 3.63) is 79.5 Å². The molecule has 1 aliphatic rings. The average molecular weight is 369 g/mol. The number of carbonyl (C=O) groups excluding carboxylic acids is 1. The van der Waals surface area contributed by atoms with Crippen molar-refractivity contribution in [2.45, 2.75) is 0 Å². The molecule has 0 saturated carbocycles. The van der Waals surface area contributed by atoms with Gasteiger partial charge < -0.3 is 9.47 Å². The summed E-state index contributed by atoms with van der Waals surface area (Å²) in [6.07, 6.45) is 1.43. The van der Waals surface area contributed by atoms with E-state index in [1.807, 2.05) is 0 Å². The van der Waals surface area contributed by atoms with Gasteiger partial charge in [0.2, 0.25) is 5.90 Å². The van der Waals surface area contributed by atoms with Crippen LogP contribution in [0.25, 0.3) is 6.08 Å². The minimum Gasteiger partial charge on any atom is -0.496 e. The molecule has 27 heavy (non-hydrogen) atoms. The van der Waals surface area contributed by atoms with Crippen LogP contribution in [-0.2, 0) is 9.53 Å². The Morgan fingerprint density at radius 3 is 2.30 bits per heavy atom. The van der Waals surface area contributed by atoms with Gasteiger partial charge in [-0.1, -0.05) is 18.2 Å². The van der Waals surface area contributed by atoms with Gasteiger partial charge in [0.15, 0.2) is 5.70 Å². The molecule has 1 heterocycles. The van der Waals surface area contributed by atoms with E-state index in [0.29, 0.717) is 11.3 Å². The second-order valence-electron chi connectivity index (χ2n) is 5.33. The second kappa shape index (κ2) is 7.04. The molecule has 0 aliphatic carbocycles. The normalized spacial score (nSPS) is 14.6. The van der Waals surface area contributed by atoms with Gasteiger partial charge in [-0.3, -0.25) is 20.2 Å². The summed E-state index contributed by atoms with van der Waals surface area (Å²) < 4.78 is 10.2. The minimum atomic E-state index is -0.787. The maximum Gasteiger partial charge on any atom is 0.363 e. The maximum atomic E-state index is 12.1. The molecule has 10 nitrogen and oxygen atoms in total. The van der Waals surface area contributed by atoms with Crippen molar-refractivity contribution in [1.82, 2.24) is 0 Å². The number of esters is 1. The number of benzene rings is 2. The van der Waals surface area contributed by atoms with Gasteiger partial charge >= 0.3 is 5.97 Å². The van der Waals surface area contributed by atoms with Crippen molar-refractivity contribution in [2.24, 2.45) is 4.99 Å². The van der Waals surface area contributed by atoms with Gasteiger partial charge in [0.1, 0.15) is 5.75 Å². The van der Waals surface area contributed by atoms with E-state index in [-0.39, 0.29) is 17.2 Å². The monoisotopic (exact) mass is 369 g/mol. The first-order valence-electron chi connectivity index (χ1n) is 7.49. The lowest BCUT2D eigenvalue weighted by Crippen LogP contribution is -2.06. The SMILES string of the molecule is COc1ccccc1/C=C1\N=C(c2cc([N+](=O)[O-])cc([N+](=O)[O-])c2)OC1=O. The van der Waals surface area contributed by atoms with Crippen molar-refractivity contribution in [3.8, 4) is 5.75 Å². The zero-order valence-corrected chi connectivity index (χ0v) is 13.8. The molecule has 2 aromatic rings. The fourth-order valence-corrected chi connectivity index (χ4v) is 2.40. The summed E-state index contributed by atoms with van der Waals surface area (Å²) in [5, 5.41) is 22.0. The van der Waals surface area contributed by atoms with Crippen molar-refractivity contribution in [1.29, 1.82) is 0 Å². The summed E-state index contributed by atoms with van der Waals surface area (Å²) in [6.45, 7) is 0. The molecule has 0 unspecified atom stereocenters. The lowest BCUT2D eigenvalue weighted by molar-refractivity contribution is -0.394. The molecular formula is C17H11N3O7. The van der Waals surface area contributed by atoms with E-state index in [9.17, 15) is 25.0 Å². The summed E-state index contributed by atoms with van der Waals surface area (Å²) in [5.41, 5.74) is -0.571. The van der Waals surface area contributed by atoms with Gasteiger partial charge in [-0.25, -0.2) is 9.79 Å².